The SMILES string of the molecule is CCCCNC(=O)C(=O)N/N=C\c1ccc(OCC(=O)Nc2cccc(Cl)c2Cl)cc1. The number of ether oxygens (including phenoxy) is 1. The Labute approximate surface area is 189 Å². The van der Waals surface area contributed by atoms with E-state index in [1.807, 2.05) is 6.92 Å². The fourth-order valence-corrected chi connectivity index (χ4v) is 2.61. The van der Waals surface area contributed by atoms with Gasteiger partial charge in [0, 0.05) is 6.54 Å². The van der Waals surface area contributed by atoms with E-state index in [2.05, 4.69) is 21.2 Å². The van der Waals surface area contributed by atoms with Crippen LogP contribution < -0.4 is 20.8 Å². The Kier molecular flexibility index (Phi) is 9.80. The Balaban J connectivity index is 1.78. The molecule has 0 spiro atoms. The largest absolute Gasteiger partial charge is 0.484 e. The van der Waals surface area contributed by atoms with Gasteiger partial charge < -0.3 is 15.4 Å². The zero-order valence-corrected chi connectivity index (χ0v) is 18.3. The predicted octanol–water partition coefficient (Wildman–Crippen LogP) is 3.38. The summed E-state index contributed by atoms with van der Waals surface area (Å²) in [5.74, 6) is -1.50. The fourth-order valence-electron chi connectivity index (χ4n) is 2.26. The normalized spacial score (nSPS) is 10.5. The van der Waals surface area contributed by atoms with Gasteiger partial charge in [-0.05, 0) is 48.4 Å². The quantitative estimate of drug-likeness (QED) is 0.228. The molecule has 0 unspecified atom stereocenters. The number of nitrogens with one attached hydrogen (secondary N) is 3. The zero-order valence-electron chi connectivity index (χ0n) is 16.8. The van der Waals surface area contributed by atoms with Crippen LogP contribution in [-0.4, -0.2) is 37.1 Å². The van der Waals surface area contributed by atoms with E-state index in [0.717, 1.165) is 12.8 Å². The summed E-state index contributed by atoms with van der Waals surface area (Å²) in [4.78, 5) is 35.1. The maximum atomic E-state index is 12.0. The Hall–Kier alpha value is -3.10. The van der Waals surface area contributed by atoms with Crippen LogP contribution in [0.15, 0.2) is 47.6 Å². The lowest BCUT2D eigenvalue weighted by atomic mass is 10.2. The molecule has 0 aliphatic heterocycles. The number of carbonyl (C=O) groups is 3. The average molecular weight is 465 g/mol. The molecule has 0 aliphatic rings. The second-order valence-electron chi connectivity index (χ2n) is 6.32. The first-order chi connectivity index (χ1) is 14.9. The van der Waals surface area contributed by atoms with E-state index in [1.165, 1.54) is 6.21 Å². The van der Waals surface area contributed by atoms with E-state index in [1.54, 1.807) is 42.5 Å². The molecular formula is C21H22Cl2N4O4. The summed E-state index contributed by atoms with van der Waals surface area (Å²) in [6, 6.07) is 11.6. The first-order valence-electron chi connectivity index (χ1n) is 9.48. The van der Waals surface area contributed by atoms with E-state index < -0.39 is 17.7 Å². The molecule has 3 amide bonds. The highest BCUT2D eigenvalue weighted by Gasteiger charge is 2.11. The summed E-state index contributed by atoms with van der Waals surface area (Å²) in [7, 11) is 0. The molecule has 0 aromatic heterocycles. The van der Waals surface area contributed by atoms with Crippen molar-refractivity contribution in [1.82, 2.24) is 10.7 Å². The Morgan fingerprint density at radius 1 is 1.06 bits per heavy atom. The average Bonchev–Trinajstić information content (AvgIpc) is 2.76. The minimum atomic E-state index is -0.835. The van der Waals surface area contributed by atoms with E-state index in [-0.39, 0.29) is 11.6 Å². The molecule has 0 bridgehead atoms. The highest BCUT2D eigenvalue weighted by molar-refractivity contribution is 6.44. The first kappa shape index (κ1) is 24.2. The van der Waals surface area contributed by atoms with Gasteiger partial charge in [0.2, 0.25) is 0 Å². The fraction of sp³-hybridized carbons (Fsp3) is 0.238. The molecule has 2 rings (SSSR count). The van der Waals surface area contributed by atoms with Gasteiger partial charge in [-0.25, -0.2) is 5.43 Å². The summed E-state index contributed by atoms with van der Waals surface area (Å²) in [5.41, 5.74) is 3.22. The molecule has 10 heteroatoms. The molecule has 8 nitrogen and oxygen atoms in total. The van der Waals surface area contributed by atoms with Crippen molar-refractivity contribution in [2.24, 2.45) is 5.10 Å². The van der Waals surface area contributed by atoms with Crippen LogP contribution >= 0.6 is 23.2 Å². The van der Waals surface area contributed by atoms with Crippen LogP contribution in [0.5, 0.6) is 5.75 Å². The van der Waals surface area contributed by atoms with Gasteiger partial charge in [0.1, 0.15) is 5.75 Å². The first-order valence-corrected chi connectivity index (χ1v) is 10.2. The van der Waals surface area contributed by atoms with E-state index >= 15 is 0 Å². The Morgan fingerprint density at radius 3 is 2.52 bits per heavy atom. The van der Waals surface area contributed by atoms with Crippen molar-refractivity contribution < 1.29 is 19.1 Å². The van der Waals surface area contributed by atoms with Crippen LogP contribution in [0.4, 0.5) is 5.69 Å². The van der Waals surface area contributed by atoms with Gasteiger partial charge in [0.05, 0.1) is 21.9 Å². The number of benzene rings is 2. The number of unbranched alkanes of at least 4 members (excludes halogenated alkanes) is 1. The van der Waals surface area contributed by atoms with E-state index in [0.29, 0.717) is 28.6 Å². The van der Waals surface area contributed by atoms with Crippen LogP contribution in [-0.2, 0) is 14.4 Å². The van der Waals surface area contributed by atoms with Crippen molar-refractivity contribution >= 4 is 52.8 Å². The molecule has 0 aliphatic carbocycles. The van der Waals surface area contributed by atoms with Gasteiger partial charge in [-0.2, -0.15) is 5.10 Å². The van der Waals surface area contributed by atoms with E-state index in [9.17, 15) is 14.4 Å². The van der Waals surface area contributed by atoms with Gasteiger partial charge in [-0.3, -0.25) is 14.4 Å². The summed E-state index contributed by atoms with van der Waals surface area (Å²) >= 11 is 11.9. The van der Waals surface area contributed by atoms with Crippen LogP contribution in [0, 0.1) is 0 Å². The topological polar surface area (TPSA) is 109 Å². The van der Waals surface area contributed by atoms with Gasteiger partial charge in [0.15, 0.2) is 6.61 Å². The monoisotopic (exact) mass is 464 g/mol. The van der Waals surface area contributed by atoms with Gasteiger partial charge in [-0.15, -0.1) is 0 Å². The minimum Gasteiger partial charge on any atom is -0.484 e. The molecule has 0 atom stereocenters. The molecule has 0 heterocycles. The van der Waals surface area contributed by atoms with Gasteiger partial charge in [0.25, 0.3) is 5.91 Å². The number of anilines is 1. The van der Waals surface area contributed by atoms with Gasteiger partial charge >= 0.3 is 11.8 Å². The minimum absolute atomic E-state index is 0.223. The lowest BCUT2D eigenvalue weighted by molar-refractivity contribution is -0.139. The number of hydrogen-bond acceptors (Lipinski definition) is 5. The van der Waals surface area contributed by atoms with Crippen molar-refractivity contribution in [3.05, 3.63) is 58.1 Å². The highest BCUT2D eigenvalue weighted by atomic mass is 35.5. The van der Waals surface area contributed by atoms with Gasteiger partial charge in [-0.1, -0.05) is 42.6 Å². The lowest BCUT2D eigenvalue weighted by Gasteiger charge is -2.09. The van der Waals surface area contributed by atoms with Crippen LogP contribution in [0.3, 0.4) is 0 Å². The second kappa shape index (κ2) is 12.6. The maximum absolute atomic E-state index is 12.0. The molecule has 0 radical (unpaired) electrons. The maximum Gasteiger partial charge on any atom is 0.329 e. The molecule has 0 saturated heterocycles. The standard InChI is InChI=1S/C21H22Cl2N4O4/c1-2-3-11-24-20(29)21(30)27-25-12-14-7-9-15(10-8-14)31-13-18(28)26-17-6-4-5-16(22)19(17)23/h4-10,12H,2-3,11,13H2,1H3,(H,24,29)(H,26,28)(H,27,30)/b25-12-. The second-order valence-corrected chi connectivity index (χ2v) is 7.10. The third kappa shape index (κ3) is 8.27. The van der Waals surface area contributed by atoms with Crippen molar-refractivity contribution in [3.8, 4) is 5.75 Å². The van der Waals surface area contributed by atoms with Crippen LogP contribution in [0.1, 0.15) is 25.3 Å². The third-order valence-electron chi connectivity index (χ3n) is 3.88. The number of nitrogens with zero attached hydrogens (tertiary/aromatic N) is 1. The highest BCUT2D eigenvalue weighted by Crippen LogP contribution is 2.29. The number of carbonyl (C=O) groups excluding carboxylic acids is 3. The number of hydrazone groups is 1. The Bertz CT molecular complexity index is 949. The molecule has 2 aromatic carbocycles. The summed E-state index contributed by atoms with van der Waals surface area (Å²) in [5, 5.41) is 9.46. The third-order valence-corrected chi connectivity index (χ3v) is 4.70. The molecular weight excluding hydrogens is 443 g/mol. The van der Waals surface area contributed by atoms with Crippen LogP contribution in [0.25, 0.3) is 0 Å². The van der Waals surface area contributed by atoms with Crippen LogP contribution in [0.2, 0.25) is 10.0 Å². The number of rotatable bonds is 9. The van der Waals surface area contributed by atoms with Crippen molar-refractivity contribution in [3.63, 3.8) is 0 Å². The predicted molar refractivity (Wildman–Crippen MR) is 121 cm³/mol. The molecule has 31 heavy (non-hydrogen) atoms. The smallest absolute Gasteiger partial charge is 0.329 e. The zero-order chi connectivity index (χ0) is 22.6. The summed E-state index contributed by atoms with van der Waals surface area (Å²) in [6.45, 7) is 2.20. The number of hydrogen-bond donors (Lipinski definition) is 3. The Morgan fingerprint density at radius 2 is 1.81 bits per heavy atom. The molecule has 0 saturated carbocycles. The summed E-state index contributed by atoms with van der Waals surface area (Å²) in [6.07, 6.45) is 3.10. The lowest BCUT2D eigenvalue weighted by Crippen LogP contribution is -2.38. The number of halogens is 2. The molecule has 0 fully saturated rings. The molecule has 3 N–H and O–H groups in total. The van der Waals surface area contributed by atoms with Crippen molar-refractivity contribution in [2.75, 3.05) is 18.5 Å². The number of amides is 3. The van der Waals surface area contributed by atoms with Crippen molar-refractivity contribution in [1.29, 1.82) is 0 Å². The molecule has 164 valence electrons. The van der Waals surface area contributed by atoms with E-state index in [4.69, 9.17) is 27.9 Å². The summed E-state index contributed by atoms with van der Waals surface area (Å²) < 4.78 is 5.43. The van der Waals surface area contributed by atoms with Crippen molar-refractivity contribution in [2.45, 2.75) is 19.8 Å². The molecule has 2 aromatic rings.